The number of ether oxygens (including phenoxy) is 1. The summed E-state index contributed by atoms with van der Waals surface area (Å²) < 4.78 is 34.4. The van der Waals surface area contributed by atoms with Crippen LogP contribution in [-0.2, 0) is 30.9 Å². The molecule has 1 fully saturated rings. The number of hydrogen-bond acceptors (Lipinski definition) is 6. The maximum atomic E-state index is 12.9. The molecule has 0 saturated carbocycles. The number of amides is 2. The van der Waals surface area contributed by atoms with Gasteiger partial charge in [-0.3, -0.25) is 9.59 Å². The highest BCUT2D eigenvalue weighted by Gasteiger charge is 2.34. The van der Waals surface area contributed by atoms with Gasteiger partial charge >= 0.3 is 11.8 Å². The van der Waals surface area contributed by atoms with E-state index in [0.29, 0.717) is 32.5 Å². The molecule has 2 amide bonds. The average Bonchev–Trinajstić information content (AvgIpc) is 3.29. The second-order valence-electron chi connectivity index (χ2n) is 6.73. The van der Waals surface area contributed by atoms with E-state index in [9.17, 15) is 18.0 Å². The maximum absolute atomic E-state index is 12.9. The molecular formula is C19H25N5O5S. The molecule has 10 nitrogen and oxygen atoms in total. The van der Waals surface area contributed by atoms with Gasteiger partial charge in [-0.2, -0.15) is 4.31 Å². The SMILES string of the molecule is O=C(NCCCn1ccnc1)C(=O)NC[C@@H]1OCCCN1S(=O)(=O)c1ccccc1. The molecule has 162 valence electrons. The van der Waals surface area contributed by atoms with E-state index < -0.39 is 28.1 Å². The number of aryl methyl sites for hydroxylation is 1. The Morgan fingerprint density at radius 1 is 1.17 bits per heavy atom. The monoisotopic (exact) mass is 435 g/mol. The number of rotatable bonds is 8. The van der Waals surface area contributed by atoms with Crippen LogP contribution in [-0.4, -0.2) is 66.6 Å². The largest absolute Gasteiger partial charge is 0.360 e. The van der Waals surface area contributed by atoms with Crippen molar-refractivity contribution in [2.75, 3.05) is 26.2 Å². The fourth-order valence-electron chi connectivity index (χ4n) is 3.05. The molecule has 1 aromatic heterocycles. The summed E-state index contributed by atoms with van der Waals surface area (Å²) in [5, 5.41) is 5.01. The lowest BCUT2D eigenvalue weighted by Crippen LogP contribution is -2.53. The summed E-state index contributed by atoms with van der Waals surface area (Å²) in [5.41, 5.74) is 0. The molecule has 0 unspecified atom stereocenters. The van der Waals surface area contributed by atoms with Crippen LogP contribution in [0.5, 0.6) is 0 Å². The van der Waals surface area contributed by atoms with Crippen molar-refractivity contribution in [2.45, 2.75) is 30.5 Å². The van der Waals surface area contributed by atoms with Gasteiger partial charge in [0.25, 0.3) is 0 Å². The molecule has 0 bridgehead atoms. The topological polar surface area (TPSA) is 123 Å². The van der Waals surface area contributed by atoms with Crippen molar-refractivity contribution in [1.82, 2.24) is 24.5 Å². The summed E-state index contributed by atoms with van der Waals surface area (Å²) in [6.07, 6.45) is 5.47. The highest BCUT2D eigenvalue weighted by molar-refractivity contribution is 7.89. The Kier molecular flexibility index (Phi) is 7.55. The molecule has 11 heteroatoms. The van der Waals surface area contributed by atoms with Crippen LogP contribution < -0.4 is 10.6 Å². The van der Waals surface area contributed by atoms with Crippen LogP contribution in [0.2, 0.25) is 0 Å². The first-order valence-electron chi connectivity index (χ1n) is 9.69. The summed E-state index contributed by atoms with van der Waals surface area (Å²) >= 11 is 0. The Bertz CT molecular complexity index is 933. The van der Waals surface area contributed by atoms with Crippen LogP contribution in [0.3, 0.4) is 0 Å². The van der Waals surface area contributed by atoms with Crippen molar-refractivity contribution in [3.05, 3.63) is 49.1 Å². The van der Waals surface area contributed by atoms with E-state index in [1.54, 1.807) is 30.7 Å². The van der Waals surface area contributed by atoms with Crippen molar-refractivity contribution in [3.63, 3.8) is 0 Å². The lowest BCUT2D eigenvalue weighted by Gasteiger charge is -2.34. The summed E-state index contributed by atoms with van der Waals surface area (Å²) in [4.78, 5) is 28.1. The van der Waals surface area contributed by atoms with E-state index in [2.05, 4.69) is 15.6 Å². The second kappa shape index (κ2) is 10.3. The number of carbonyl (C=O) groups is 2. The molecule has 2 aromatic rings. The number of nitrogens with one attached hydrogen (secondary N) is 2. The Balaban J connectivity index is 1.49. The first-order valence-corrected chi connectivity index (χ1v) is 11.1. The Morgan fingerprint density at radius 3 is 2.67 bits per heavy atom. The highest BCUT2D eigenvalue weighted by Crippen LogP contribution is 2.21. The third-order valence-corrected chi connectivity index (χ3v) is 6.49. The van der Waals surface area contributed by atoms with E-state index >= 15 is 0 Å². The molecule has 1 aromatic carbocycles. The Labute approximate surface area is 175 Å². The zero-order valence-electron chi connectivity index (χ0n) is 16.4. The van der Waals surface area contributed by atoms with Gasteiger partial charge in [0.2, 0.25) is 10.0 Å². The normalized spacial score (nSPS) is 17.4. The van der Waals surface area contributed by atoms with Gasteiger partial charge in [-0.25, -0.2) is 13.4 Å². The number of imidazole rings is 1. The van der Waals surface area contributed by atoms with Crippen molar-refractivity contribution < 1.29 is 22.7 Å². The molecule has 1 aliphatic heterocycles. The van der Waals surface area contributed by atoms with Gasteiger partial charge in [-0.15, -0.1) is 0 Å². The van der Waals surface area contributed by atoms with E-state index in [1.165, 1.54) is 16.4 Å². The summed E-state index contributed by atoms with van der Waals surface area (Å²) in [6, 6.07) is 8.04. The van der Waals surface area contributed by atoms with Crippen LogP contribution in [0.25, 0.3) is 0 Å². The molecule has 2 heterocycles. The molecule has 1 aliphatic rings. The van der Waals surface area contributed by atoms with E-state index in [1.807, 2.05) is 10.8 Å². The van der Waals surface area contributed by atoms with Crippen LogP contribution in [0, 0.1) is 0 Å². The maximum Gasteiger partial charge on any atom is 0.309 e. The van der Waals surface area contributed by atoms with Gasteiger partial charge in [0.1, 0.15) is 6.23 Å². The third-order valence-electron chi connectivity index (χ3n) is 4.59. The molecule has 3 rings (SSSR count). The van der Waals surface area contributed by atoms with Gasteiger partial charge in [0, 0.05) is 32.0 Å². The Hall–Kier alpha value is -2.76. The number of nitrogens with zero attached hydrogens (tertiary/aromatic N) is 3. The minimum atomic E-state index is -3.77. The molecule has 2 N–H and O–H groups in total. The van der Waals surface area contributed by atoms with Gasteiger partial charge in [0.05, 0.1) is 24.4 Å². The van der Waals surface area contributed by atoms with Gasteiger partial charge in [0.15, 0.2) is 0 Å². The fourth-order valence-corrected chi connectivity index (χ4v) is 4.64. The zero-order valence-corrected chi connectivity index (χ0v) is 17.3. The lowest BCUT2D eigenvalue weighted by atomic mass is 10.3. The minimum absolute atomic E-state index is 0.118. The predicted octanol–water partition coefficient (Wildman–Crippen LogP) is -0.0571. The molecule has 30 heavy (non-hydrogen) atoms. The first-order chi connectivity index (χ1) is 14.5. The van der Waals surface area contributed by atoms with E-state index in [0.717, 1.165) is 0 Å². The standard InChI is InChI=1S/C19H25N5O5S/c25-18(21-8-4-10-23-12-9-20-15-23)19(26)22-14-17-24(11-5-13-29-17)30(27,28)16-6-2-1-3-7-16/h1-3,6-7,9,12,15,17H,4-5,8,10-11,13-14H2,(H,21,25)(H,22,26)/t17-/m0/s1. The van der Waals surface area contributed by atoms with Crippen LogP contribution >= 0.6 is 0 Å². The Morgan fingerprint density at radius 2 is 1.93 bits per heavy atom. The number of benzene rings is 1. The fraction of sp³-hybridized carbons (Fsp3) is 0.421. The zero-order chi connectivity index (χ0) is 21.4. The molecular weight excluding hydrogens is 410 g/mol. The molecule has 0 spiro atoms. The van der Waals surface area contributed by atoms with Crippen molar-refractivity contribution >= 4 is 21.8 Å². The van der Waals surface area contributed by atoms with Gasteiger partial charge < -0.3 is 19.9 Å². The highest BCUT2D eigenvalue weighted by atomic mass is 32.2. The lowest BCUT2D eigenvalue weighted by molar-refractivity contribution is -0.140. The van der Waals surface area contributed by atoms with Crippen LogP contribution in [0.15, 0.2) is 53.9 Å². The van der Waals surface area contributed by atoms with Crippen molar-refractivity contribution in [2.24, 2.45) is 0 Å². The van der Waals surface area contributed by atoms with Gasteiger partial charge in [-0.1, -0.05) is 18.2 Å². The first kappa shape index (κ1) is 21.9. The number of sulfonamides is 1. The number of carbonyl (C=O) groups excluding carboxylic acids is 2. The number of aromatic nitrogens is 2. The minimum Gasteiger partial charge on any atom is -0.360 e. The van der Waals surface area contributed by atoms with Crippen molar-refractivity contribution in [3.8, 4) is 0 Å². The quantitative estimate of drug-likeness (QED) is 0.443. The molecule has 0 radical (unpaired) electrons. The molecule has 0 aliphatic carbocycles. The average molecular weight is 436 g/mol. The van der Waals surface area contributed by atoms with Crippen LogP contribution in [0.4, 0.5) is 0 Å². The second-order valence-corrected chi connectivity index (χ2v) is 8.62. The molecule has 1 atom stereocenters. The van der Waals surface area contributed by atoms with Gasteiger partial charge in [-0.05, 0) is 25.0 Å². The third kappa shape index (κ3) is 5.65. The van der Waals surface area contributed by atoms with E-state index in [-0.39, 0.29) is 18.0 Å². The smallest absolute Gasteiger partial charge is 0.309 e. The number of hydrogen-bond donors (Lipinski definition) is 2. The summed E-state index contributed by atoms with van der Waals surface area (Å²) in [6.45, 7) is 1.54. The summed E-state index contributed by atoms with van der Waals surface area (Å²) in [5.74, 6) is -1.60. The molecule has 1 saturated heterocycles. The van der Waals surface area contributed by atoms with Crippen LogP contribution in [0.1, 0.15) is 12.8 Å². The van der Waals surface area contributed by atoms with Crippen molar-refractivity contribution in [1.29, 1.82) is 0 Å². The predicted molar refractivity (Wildman–Crippen MR) is 108 cm³/mol. The summed E-state index contributed by atoms with van der Waals surface area (Å²) in [7, 11) is -3.77. The van der Waals surface area contributed by atoms with E-state index in [4.69, 9.17) is 4.74 Å².